The van der Waals surface area contributed by atoms with Gasteiger partial charge in [-0.25, -0.2) is 9.50 Å². The van der Waals surface area contributed by atoms with Crippen LogP contribution < -0.4 is 9.80 Å². The predicted molar refractivity (Wildman–Crippen MR) is 152 cm³/mol. The number of aliphatic hydroxyl groups is 1. The lowest BCUT2D eigenvalue weighted by atomic mass is 9.86. The standard InChI is InChI=1S/C31H33N7O/c1-3-21-4-6-22(7-5-21)15-37-26-10-27(37)17-35(16-26)29-9-8-23(13-33-29)28-11-25(36-19-31(2,39)20-36)18-38-30(28)24(12-32)14-34-38/h4-9,11,13-14,18,26-27,39H,3,10,15-17,19-20H2,1-2H3. The van der Waals surface area contributed by atoms with Crippen LogP contribution in [0.15, 0.2) is 61.1 Å². The van der Waals surface area contributed by atoms with E-state index in [2.05, 4.69) is 75.3 Å². The van der Waals surface area contributed by atoms with Crippen molar-refractivity contribution in [3.8, 4) is 17.2 Å². The van der Waals surface area contributed by atoms with Crippen molar-refractivity contribution in [1.82, 2.24) is 19.5 Å². The molecule has 4 saturated heterocycles. The van der Waals surface area contributed by atoms with Crippen molar-refractivity contribution in [1.29, 1.82) is 5.26 Å². The van der Waals surface area contributed by atoms with Crippen LogP contribution in [0, 0.1) is 11.3 Å². The Morgan fingerprint density at radius 2 is 1.77 bits per heavy atom. The molecule has 8 heteroatoms. The van der Waals surface area contributed by atoms with E-state index in [1.807, 2.05) is 19.3 Å². The zero-order valence-corrected chi connectivity index (χ0v) is 22.5. The molecule has 4 aliphatic heterocycles. The highest BCUT2D eigenvalue weighted by atomic mass is 16.3. The minimum atomic E-state index is -0.676. The number of aryl methyl sites for hydroxylation is 1. The van der Waals surface area contributed by atoms with E-state index in [4.69, 9.17) is 4.98 Å². The Labute approximate surface area is 228 Å². The number of anilines is 2. The minimum Gasteiger partial charge on any atom is -0.386 e. The summed E-state index contributed by atoms with van der Waals surface area (Å²) in [5, 5.41) is 24.4. The molecule has 8 nitrogen and oxygen atoms in total. The van der Waals surface area contributed by atoms with Gasteiger partial charge in [0, 0.05) is 62.1 Å². The van der Waals surface area contributed by atoms with E-state index in [9.17, 15) is 10.4 Å². The third-order valence-corrected chi connectivity index (χ3v) is 8.67. The predicted octanol–water partition coefficient (Wildman–Crippen LogP) is 3.86. The maximum Gasteiger partial charge on any atom is 0.128 e. The van der Waals surface area contributed by atoms with Gasteiger partial charge in [-0.2, -0.15) is 10.4 Å². The highest BCUT2D eigenvalue weighted by molar-refractivity contribution is 5.86. The Morgan fingerprint density at radius 3 is 2.41 bits per heavy atom. The molecule has 4 aliphatic rings. The first-order valence-electron chi connectivity index (χ1n) is 13.8. The van der Waals surface area contributed by atoms with Gasteiger partial charge >= 0.3 is 0 Å². The molecule has 3 aromatic heterocycles. The fourth-order valence-electron chi connectivity index (χ4n) is 6.50. The summed E-state index contributed by atoms with van der Waals surface area (Å²) in [5.41, 5.74) is 6.28. The van der Waals surface area contributed by atoms with Gasteiger partial charge in [0.05, 0.1) is 34.8 Å². The second-order valence-corrected chi connectivity index (χ2v) is 11.6. The summed E-state index contributed by atoms with van der Waals surface area (Å²) < 4.78 is 1.77. The molecule has 2 unspecified atom stereocenters. The van der Waals surface area contributed by atoms with E-state index < -0.39 is 5.60 Å². The number of hydrogen-bond donors (Lipinski definition) is 1. The quantitative estimate of drug-likeness (QED) is 0.414. The number of benzene rings is 1. The Balaban J connectivity index is 1.10. The molecule has 0 saturated carbocycles. The number of piperazine rings is 1. The number of β-amino-alcohol motifs (C(OH)–C–C–N with tert-alkyl or cyclic N) is 1. The van der Waals surface area contributed by atoms with Gasteiger partial charge in [-0.15, -0.1) is 0 Å². The van der Waals surface area contributed by atoms with Gasteiger partial charge < -0.3 is 14.9 Å². The second kappa shape index (κ2) is 9.08. The molecule has 0 aliphatic carbocycles. The van der Waals surface area contributed by atoms with Gasteiger partial charge in [-0.1, -0.05) is 31.2 Å². The molecule has 2 atom stereocenters. The van der Waals surface area contributed by atoms with Gasteiger partial charge in [0.2, 0.25) is 0 Å². The summed E-state index contributed by atoms with van der Waals surface area (Å²) in [6, 6.07) is 18.8. The van der Waals surface area contributed by atoms with E-state index in [0.717, 1.165) is 54.2 Å². The molecule has 0 radical (unpaired) electrons. The van der Waals surface area contributed by atoms with Crippen LogP contribution in [0.25, 0.3) is 16.6 Å². The summed E-state index contributed by atoms with van der Waals surface area (Å²) in [5.74, 6) is 1.00. The van der Waals surface area contributed by atoms with E-state index in [-0.39, 0.29) is 0 Å². The van der Waals surface area contributed by atoms with E-state index in [1.54, 1.807) is 10.7 Å². The van der Waals surface area contributed by atoms with Crippen LogP contribution in [-0.2, 0) is 13.0 Å². The number of nitrogens with zero attached hydrogens (tertiary/aromatic N) is 7. The van der Waals surface area contributed by atoms with Crippen molar-refractivity contribution in [3.05, 3.63) is 77.7 Å². The average Bonchev–Trinajstić information content (AvgIpc) is 3.38. The molecule has 1 aromatic carbocycles. The van der Waals surface area contributed by atoms with Crippen LogP contribution in [0.2, 0.25) is 0 Å². The van der Waals surface area contributed by atoms with Crippen molar-refractivity contribution in [3.63, 3.8) is 0 Å². The van der Waals surface area contributed by atoms with Crippen LogP contribution in [0.5, 0.6) is 0 Å². The monoisotopic (exact) mass is 519 g/mol. The zero-order valence-electron chi connectivity index (χ0n) is 22.5. The number of aromatic nitrogens is 3. The Kier molecular flexibility index (Phi) is 5.62. The second-order valence-electron chi connectivity index (χ2n) is 11.6. The Morgan fingerprint density at radius 1 is 1.03 bits per heavy atom. The summed E-state index contributed by atoms with van der Waals surface area (Å²) in [4.78, 5) is 12.1. The summed E-state index contributed by atoms with van der Waals surface area (Å²) >= 11 is 0. The molecule has 39 heavy (non-hydrogen) atoms. The first-order valence-corrected chi connectivity index (χ1v) is 13.8. The number of piperidine rings is 1. The summed E-state index contributed by atoms with van der Waals surface area (Å²) in [6.07, 6.45) is 7.80. The molecular weight excluding hydrogens is 486 g/mol. The average molecular weight is 520 g/mol. The van der Waals surface area contributed by atoms with Crippen molar-refractivity contribution < 1.29 is 5.11 Å². The van der Waals surface area contributed by atoms with Crippen molar-refractivity contribution in [2.24, 2.45) is 0 Å². The third-order valence-electron chi connectivity index (χ3n) is 8.67. The van der Waals surface area contributed by atoms with Crippen molar-refractivity contribution >= 4 is 17.0 Å². The van der Waals surface area contributed by atoms with E-state index >= 15 is 0 Å². The van der Waals surface area contributed by atoms with Crippen LogP contribution in [0.1, 0.15) is 37.0 Å². The van der Waals surface area contributed by atoms with E-state index in [0.29, 0.717) is 30.7 Å². The molecule has 0 amide bonds. The first kappa shape index (κ1) is 24.1. The van der Waals surface area contributed by atoms with Crippen molar-refractivity contribution in [2.75, 3.05) is 36.0 Å². The number of nitriles is 1. The molecule has 4 aromatic rings. The molecule has 0 spiro atoms. The highest BCUT2D eigenvalue weighted by Gasteiger charge is 2.44. The zero-order chi connectivity index (χ0) is 26.7. The largest absolute Gasteiger partial charge is 0.386 e. The summed E-state index contributed by atoms with van der Waals surface area (Å²) in [7, 11) is 0. The number of pyridine rings is 2. The lowest BCUT2D eigenvalue weighted by Crippen LogP contribution is -2.68. The minimum absolute atomic E-state index is 0.539. The summed E-state index contributed by atoms with van der Waals surface area (Å²) in [6.45, 7) is 8.19. The van der Waals surface area contributed by atoms with E-state index in [1.165, 1.54) is 17.5 Å². The fourth-order valence-corrected chi connectivity index (χ4v) is 6.50. The Hall–Kier alpha value is -3.93. The van der Waals surface area contributed by atoms with Crippen LogP contribution >= 0.6 is 0 Å². The molecule has 2 bridgehead atoms. The van der Waals surface area contributed by atoms with Crippen LogP contribution in [0.4, 0.5) is 11.5 Å². The molecule has 1 N–H and O–H groups in total. The van der Waals surface area contributed by atoms with Gasteiger partial charge in [0.15, 0.2) is 0 Å². The lowest BCUT2D eigenvalue weighted by Gasteiger charge is -2.56. The normalized spacial score (nSPS) is 21.9. The molecule has 4 fully saturated rings. The fraction of sp³-hybridized carbons (Fsp3) is 0.387. The van der Waals surface area contributed by atoms with Gasteiger partial charge in [0.25, 0.3) is 0 Å². The van der Waals surface area contributed by atoms with Crippen molar-refractivity contribution in [2.45, 2.75) is 50.9 Å². The maximum absolute atomic E-state index is 10.2. The van der Waals surface area contributed by atoms with Crippen LogP contribution in [-0.4, -0.2) is 68.5 Å². The van der Waals surface area contributed by atoms with Crippen LogP contribution in [0.3, 0.4) is 0 Å². The van der Waals surface area contributed by atoms with Gasteiger partial charge in [-0.3, -0.25) is 4.90 Å². The number of rotatable bonds is 6. The third kappa shape index (κ3) is 4.22. The smallest absolute Gasteiger partial charge is 0.128 e. The molecule has 198 valence electrons. The SMILES string of the molecule is CCc1ccc(CN2C3CC2CN(c2ccc(-c4cc(N5CC(C)(O)C5)cn5ncc(C#N)c45)cn2)C3)cc1. The van der Waals surface area contributed by atoms with Gasteiger partial charge in [0.1, 0.15) is 11.9 Å². The number of hydrogen-bond acceptors (Lipinski definition) is 7. The molecule has 7 heterocycles. The topological polar surface area (TPSA) is 83.9 Å². The Bertz CT molecular complexity index is 1550. The number of fused-ring (bicyclic) bond motifs is 3. The lowest BCUT2D eigenvalue weighted by molar-refractivity contribution is -0.00868. The first-order chi connectivity index (χ1) is 18.9. The maximum atomic E-state index is 10.2. The van der Waals surface area contributed by atoms with Gasteiger partial charge in [-0.05, 0) is 49.1 Å². The highest BCUT2D eigenvalue weighted by Crippen LogP contribution is 2.37. The molecular formula is C31H33N7O. The molecule has 8 rings (SSSR count).